The normalized spacial score (nSPS) is 11.2. The lowest BCUT2D eigenvalue weighted by molar-refractivity contribution is 0.319. The van der Waals surface area contributed by atoms with Crippen LogP contribution in [0.2, 0.25) is 0 Å². The van der Waals surface area contributed by atoms with Crippen LogP contribution < -0.4 is 0 Å². The summed E-state index contributed by atoms with van der Waals surface area (Å²) in [5.74, 6) is 0. The molecule has 0 aromatic carbocycles. The average molecular weight is 180 g/mol. The summed E-state index contributed by atoms with van der Waals surface area (Å²) in [4.78, 5) is 1.90. The van der Waals surface area contributed by atoms with Crippen molar-refractivity contribution in [3.8, 4) is 6.07 Å². The van der Waals surface area contributed by atoms with Crippen LogP contribution in [0, 0.1) is 11.3 Å². The highest BCUT2D eigenvalue weighted by atomic mass is 32.1. The lowest BCUT2D eigenvalue weighted by atomic mass is 10.3. The Kier molecular flexibility index (Phi) is 2.83. The maximum atomic E-state index is 8.46. The van der Waals surface area contributed by atoms with Crippen molar-refractivity contribution < 1.29 is 5.21 Å². The minimum Gasteiger partial charge on any atom is -0.411 e. The number of oxime groups is 1. The van der Waals surface area contributed by atoms with Gasteiger partial charge in [-0.15, -0.1) is 11.3 Å². The predicted octanol–water partition coefficient (Wildman–Crippen LogP) is 2.01. The van der Waals surface area contributed by atoms with E-state index in [9.17, 15) is 0 Å². The highest BCUT2D eigenvalue weighted by molar-refractivity contribution is 7.14. The fraction of sp³-hybridized carbons (Fsp3) is 0.250. The van der Waals surface area contributed by atoms with Crippen LogP contribution in [0.4, 0.5) is 0 Å². The zero-order valence-corrected chi connectivity index (χ0v) is 7.43. The summed E-state index contributed by atoms with van der Waals surface area (Å²) < 4.78 is 0. The van der Waals surface area contributed by atoms with Gasteiger partial charge in [0.15, 0.2) is 0 Å². The van der Waals surface area contributed by atoms with Crippen molar-refractivity contribution in [2.24, 2.45) is 5.16 Å². The summed E-state index contributed by atoms with van der Waals surface area (Å²) in [6, 6.07) is 5.79. The molecule has 0 unspecified atom stereocenters. The molecule has 62 valence electrons. The third-order valence-corrected chi connectivity index (χ3v) is 2.62. The van der Waals surface area contributed by atoms with Crippen LogP contribution in [-0.2, 0) is 6.42 Å². The summed E-state index contributed by atoms with van der Waals surface area (Å²) in [5, 5.41) is 19.9. The van der Waals surface area contributed by atoms with Crippen molar-refractivity contribution in [1.29, 1.82) is 5.26 Å². The second-order valence-corrected chi connectivity index (χ2v) is 3.45. The highest BCUT2D eigenvalue weighted by Gasteiger charge is 2.02. The summed E-state index contributed by atoms with van der Waals surface area (Å²) in [5.41, 5.74) is 0.587. The zero-order valence-electron chi connectivity index (χ0n) is 6.61. The van der Waals surface area contributed by atoms with E-state index in [1.165, 1.54) is 11.3 Å². The van der Waals surface area contributed by atoms with Crippen molar-refractivity contribution in [3.05, 3.63) is 21.9 Å². The standard InChI is InChI=1S/C8H8N2OS/c1-6(10-11)8-3-2-7(12-8)4-5-9/h2-3,11H,4H2,1H3/b10-6-. The van der Waals surface area contributed by atoms with Gasteiger partial charge in [-0.25, -0.2) is 0 Å². The molecule has 1 heterocycles. The third-order valence-electron chi connectivity index (χ3n) is 1.42. The monoisotopic (exact) mass is 180 g/mol. The summed E-state index contributed by atoms with van der Waals surface area (Å²) in [6.45, 7) is 1.72. The first-order valence-electron chi connectivity index (χ1n) is 3.42. The number of nitrogens with zero attached hydrogens (tertiary/aromatic N) is 2. The Labute approximate surface area is 74.6 Å². The van der Waals surface area contributed by atoms with Gasteiger partial charge in [-0.1, -0.05) is 5.16 Å². The van der Waals surface area contributed by atoms with E-state index in [0.717, 1.165) is 9.75 Å². The minimum atomic E-state index is 0.420. The Morgan fingerprint density at radius 2 is 2.50 bits per heavy atom. The van der Waals surface area contributed by atoms with Gasteiger partial charge in [-0.2, -0.15) is 5.26 Å². The molecule has 0 aliphatic carbocycles. The van der Waals surface area contributed by atoms with E-state index >= 15 is 0 Å². The Balaban J connectivity index is 2.86. The molecule has 1 N–H and O–H groups in total. The number of rotatable bonds is 2. The molecule has 3 nitrogen and oxygen atoms in total. The van der Waals surface area contributed by atoms with Crippen LogP contribution in [0.5, 0.6) is 0 Å². The van der Waals surface area contributed by atoms with E-state index in [2.05, 4.69) is 11.2 Å². The van der Waals surface area contributed by atoms with Crippen molar-refractivity contribution >= 4 is 17.0 Å². The van der Waals surface area contributed by atoms with Gasteiger partial charge in [-0.05, 0) is 19.1 Å². The largest absolute Gasteiger partial charge is 0.411 e. The molecule has 0 aliphatic heterocycles. The molecular formula is C8H8N2OS. The zero-order chi connectivity index (χ0) is 8.97. The molecule has 1 aromatic heterocycles. The Morgan fingerprint density at radius 3 is 3.08 bits per heavy atom. The number of nitriles is 1. The van der Waals surface area contributed by atoms with E-state index in [-0.39, 0.29) is 0 Å². The first-order valence-corrected chi connectivity index (χ1v) is 4.24. The summed E-state index contributed by atoms with van der Waals surface area (Å²) >= 11 is 1.48. The van der Waals surface area contributed by atoms with Gasteiger partial charge in [-0.3, -0.25) is 0 Å². The van der Waals surface area contributed by atoms with Gasteiger partial charge in [0.05, 0.1) is 23.1 Å². The molecule has 12 heavy (non-hydrogen) atoms. The molecule has 0 saturated carbocycles. The average Bonchev–Trinajstić information content (AvgIpc) is 2.52. The summed E-state index contributed by atoms with van der Waals surface area (Å²) in [7, 11) is 0. The van der Waals surface area contributed by atoms with Crippen molar-refractivity contribution in [3.63, 3.8) is 0 Å². The first-order chi connectivity index (χ1) is 5.77. The number of thiophene rings is 1. The van der Waals surface area contributed by atoms with Crippen LogP contribution in [0.1, 0.15) is 16.7 Å². The molecule has 4 heteroatoms. The van der Waals surface area contributed by atoms with E-state index < -0.39 is 0 Å². The van der Waals surface area contributed by atoms with E-state index in [1.54, 1.807) is 6.92 Å². The van der Waals surface area contributed by atoms with Gasteiger partial charge in [0.25, 0.3) is 0 Å². The first kappa shape index (κ1) is 8.75. The molecule has 0 spiro atoms. The third kappa shape index (κ3) is 1.83. The molecule has 0 amide bonds. The lowest BCUT2D eigenvalue weighted by Crippen LogP contribution is -1.87. The van der Waals surface area contributed by atoms with Crippen LogP contribution in [-0.4, -0.2) is 10.9 Å². The molecular weight excluding hydrogens is 172 g/mol. The molecule has 0 fully saturated rings. The van der Waals surface area contributed by atoms with Crippen LogP contribution >= 0.6 is 11.3 Å². The molecule has 1 aromatic rings. The molecule has 0 atom stereocenters. The fourth-order valence-electron chi connectivity index (χ4n) is 0.795. The second kappa shape index (κ2) is 3.88. The number of hydrogen-bond donors (Lipinski definition) is 1. The minimum absolute atomic E-state index is 0.420. The maximum absolute atomic E-state index is 8.46. The van der Waals surface area contributed by atoms with Crippen molar-refractivity contribution in [2.75, 3.05) is 0 Å². The molecule has 0 aliphatic rings. The number of hydrogen-bond acceptors (Lipinski definition) is 4. The Hall–Kier alpha value is -1.34. The maximum Gasteiger partial charge on any atom is 0.0936 e. The van der Waals surface area contributed by atoms with Crippen LogP contribution in [0.3, 0.4) is 0 Å². The quantitative estimate of drug-likeness (QED) is 0.430. The second-order valence-electron chi connectivity index (χ2n) is 2.29. The molecule has 0 saturated heterocycles. The van der Waals surface area contributed by atoms with E-state index in [4.69, 9.17) is 10.5 Å². The predicted molar refractivity (Wildman–Crippen MR) is 47.6 cm³/mol. The SMILES string of the molecule is C/C(=N/O)c1ccc(CC#N)s1. The smallest absolute Gasteiger partial charge is 0.0936 e. The van der Waals surface area contributed by atoms with Crippen LogP contribution in [0.15, 0.2) is 17.3 Å². The van der Waals surface area contributed by atoms with Gasteiger partial charge in [0.1, 0.15) is 0 Å². The van der Waals surface area contributed by atoms with E-state index in [0.29, 0.717) is 12.1 Å². The summed E-state index contributed by atoms with van der Waals surface area (Å²) in [6.07, 6.45) is 0.420. The van der Waals surface area contributed by atoms with Crippen molar-refractivity contribution in [2.45, 2.75) is 13.3 Å². The van der Waals surface area contributed by atoms with E-state index in [1.807, 2.05) is 12.1 Å². The molecule has 0 bridgehead atoms. The topological polar surface area (TPSA) is 56.4 Å². The van der Waals surface area contributed by atoms with Gasteiger partial charge < -0.3 is 5.21 Å². The molecule has 1 rings (SSSR count). The molecule has 0 radical (unpaired) electrons. The van der Waals surface area contributed by atoms with Gasteiger partial charge in [0, 0.05) is 4.88 Å². The Morgan fingerprint density at radius 1 is 1.75 bits per heavy atom. The van der Waals surface area contributed by atoms with Crippen molar-refractivity contribution in [1.82, 2.24) is 0 Å². The van der Waals surface area contributed by atoms with Gasteiger partial charge >= 0.3 is 0 Å². The Bertz CT molecular complexity index is 335. The highest BCUT2D eigenvalue weighted by Crippen LogP contribution is 2.17. The van der Waals surface area contributed by atoms with Gasteiger partial charge in [0.2, 0.25) is 0 Å². The van der Waals surface area contributed by atoms with Crippen LogP contribution in [0.25, 0.3) is 0 Å². The fourth-order valence-corrected chi connectivity index (χ4v) is 1.67. The lowest BCUT2D eigenvalue weighted by Gasteiger charge is -1.88.